The highest BCUT2D eigenvalue weighted by Gasteiger charge is 2.36. The highest BCUT2D eigenvalue weighted by Crippen LogP contribution is 2.24. The normalized spacial score (nSPS) is 26.9. The minimum atomic E-state index is -0.521. The van der Waals surface area contributed by atoms with Gasteiger partial charge >= 0.3 is 0 Å². The average Bonchev–Trinajstić information content (AvgIpc) is 3.12. The van der Waals surface area contributed by atoms with Gasteiger partial charge in [-0.1, -0.05) is 12.1 Å². The van der Waals surface area contributed by atoms with Crippen molar-refractivity contribution in [2.75, 3.05) is 26.3 Å². The van der Waals surface area contributed by atoms with E-state index in [2.05, 4.69) is 20.2 Å². The van der Waals surface area contributed by atoms with Crippen molar-refractivity contribution >= 4 is 16.9 Å². The Bertz CT molecular complexity index is 738. The first-order valence-electron chi connectivity index (χ1n) is 9.93. The number of morpholine rings is 1. The molecule has 0 spiro atoms. The molecule has 2 aliphatic rings. The average molecular weight is 372 g/mol. The number of hydrogen-bond donors (Lipinski definition) is 3. The molecule has 1 aromatic heterocycles. The number of benzene rings is 1. The number of aryl methyl sites for hydroxylation is 1. The lowest BCUT2D eigenvalue weighted by Gasteiger charge is -2.43. The van der Waals surface area contributed by atoms with E-state index in [9.17, 15) is 9.90 Å². The molecule has 1 saturated heterocycles. The van der Waals surface area contributed by atoms with Gasteiger partial charge in [0.05, 0.1) is 36.4 Å². The summed E-state index contributed by atoms with van der Waals surface area (Å²) in [6.45, 7) is 3.15. The molecule has 7 nitrogen and oxygen atoms in total. The maximum Gasteiger partial charge on any atom is 0.220 e. The first-order chi connectivity index (χ1) is 13.2. The van der Waals surface area contributed by atoms with Crippen molar-refractivity contribution in [3.63, 3.8) is 0 Å². The first-order valence-corrected chi connectivity index (χ1v) is 9.93. The lowest BCUT2D eigenvalue weighted by molar-refractivity contribution is -0.124. The van der Waals surface area contributed by atoms with E-state index in [1.165, 1.54) is 0 Å². The van der Waals surface area contributed by atoms with Crippen molar-refractivity contribution in [1.82, 2.24) is 20.2 Å². The Balaban J connectivity index is 1.30. The molecule has 4 rings (SSSR count). The lowest BCUT2D eigenvalue weighted by Crippen LogP contribution is -2.58. The molecule has 1 aliphatic heterocycles. The van der Waals surface area contributed by atoms with Crippen LogP contribution in [-0.4, -0.2) is 70.4 Å². The number of para-hydroxylation sites is 2. The molecule has 146 valence electrons. The number of rotatable bonds is 5. The zero-order valence-electron chi connectivity index (χ0n) is 15.6. The van der Waals surface area contributed by atoms with E-state index in [-0.39, 0.29) is 18.0 Å². The number of amides is 1. The predicted octanol–water partition coefficient (Wildman–Crippen LogP) is 1.23. The van der Waals surface area contributed by atoms with Crippen LogP contribution in [0.2, 0.25) is 0 Å². The number of nitrogens with one attached hydrogen (secondary N) is 2. The van der Waals surface area contributed by atoms with Crippen LogP contribution in [0.4, 0.5) is 0 Å². The molecule has 1 saturated carbocycles. The number of ether oxygens (including phenoxy) is 1. The molecule has 1 aromatic carbocycles. The number of aliphatic hydroxyl groups excluding tert-OH is 1. The highest BCUT2D eigenvalue weighted by molar-refractivity contribution is 5.77. The molecule has 27 heavy (non-hydrogen) atoms. The number of carbonyl (C=O) groups excluding carboxylic acids is 1. The van der Waals surface area contributed by atoms with Gasteiger partial charge in [-0.15, -0.1) is 0 Å². The standard InChI is InChI=1S/C20H28N4O3/c25-19(9-8-18-21-14-4-1-2-5-15(14)22-18)23-16-6-3-7-17(20(16)26)24-10-12-27-13-11-24/h1-2,4-5,16-17,20,26H,3,6-13H2,(H,21,22)(H,23,25)/t16-,17-,20-/m1/s1. The summed E-state index contributed by atoms with van der Waals surface area (Å²) in [6, 6.07) is 7.80. The van der Waals surface area contributed by atoms with Gasteiger partial charge in [0.2, 0.25) is 5.91 Å². The van der Waals surface area contributed by atoms with Crippen LogP contribution in [0.25, 0.3) is 11.0 Å². The second-order valence-electron chi connectivity index (χ2n) is 7.51. The molecule has 0 radical (unpaired) electrons. The molecule has 0 unspecified atom stereocenters. The number of H-pyrrole nitrogens is 1. The predicted molar refractivity (Wildman–Crippen MR) is 102 cm³/mol. The topological polar surface area (TPSA) is 90.5 Å². The van der Waals surface area contributed by atoms with Gasteiger partial charge in [-0.25, -0.2) is 4.98 Å². The zero-order valence-corrected chi connectivity index (χ0v) is 15.6. The number of carbonyl (C=O) groups is 1. The monoisotopic (exact) mass is 372 g/mol. The van der Waals surface area contributed by atoms with Crippen LogP contribution in [0.1, 0.15) is 31.5 Å². The van der Waals surface area contributed by atoms with Crippen LogP contribution in [0, 0.1) is 0 Å². The fourth-order valence-electron chi connectivity index (χ4n) is 4.26. The summed E-state index contributed by atoms with van der Waals surface area (Å²) in [5, 5.41) is 13.8. The minimum Gasteiger partial charge on any atom is -0.389 e. The Morgan fingerprint density at radius 3 is 2.93 bits per heavy atom. The van der Waals surface area contributed by atoms with Crippen molar-refractivity contribution in [3.8, 4) is 0 Å². The summed E-state index contributed by atoms with van der Waals surface area (Å²) >= 11 is 0. The Hall–Kier alpha value is -1.96. The molecule has 1 aliphatic carbocycles. The second-order valence-corrected chi connectivity index (χ2v) is 7.51. The number of hydrogen-bond acceptors (Lipinski definition) is 5. The first kappa shape index (κ1) is 18.4. The van der Waals surface area contributed by atoms with Crippen LogP contribution in [0.3, 0.4) is 0 Å². The highest BCUT2D eigenvalue weighted by atomic mass is 16.5. The quantitative estimate of drug-likeness (QED) is 0.734. The zero-order chi connectivity index (χ0) is 18.6. The lowest BCUT2D eigenvalue weighted by atomic mass is 9.86. The Morgan fingerprint density at radius 2 is 2.11 bits per heavy atom. The SMILES string of the molecule is O=C(CCc1nc2ccccc2[nH]1)N[C@@H]1CCC[C@@H](N2CCOCC2)[C@@H]1O. The van der Waals surface area contributed by atoms with Gasteiger partial charge in [-0.3, -0.25) is 9.69 Å². The summed E-state index contributed by atoms with van der Waals surface area (Å²) in [5.41, 5.74) is 1.91. The number of nitrogens with zero attached hydrogens (tertiary/aromatic N) is 2. The molecule has 0 bridgehead atoms. The molecule has 7 heteroatoms. The number of imidazole rings is 1. The maximum absolute atomic E-state index is 12.4. The summed E-state index contributed by atoms with van der Waals surface area (Å²) in [7, 11) is 0. The fourth-order valence-corrected chi connectivity index (χ4v) is 4.26. The smallest absolute Gasteiger partial charge is 0.220 e. The fraction of sp³-hybridized carbons (Fsp3) is 0.600. The Kier molecular flexibility index (Phi) is 5.71. The molecule has 2 aromatic rings. The van der Waals surface area contributed by atoms with E-state index in [0.717, 1.165) is 62.4 Å². The van der Waals surface area contributed by atoms with Crippen molar-refractivity contribution in [2.24, 2.45) is 0 Å². The van der Waals surface area contributed by atoms with Crippen LogP contribution in [-0.2, 0) is 16.0 Å². The summed E-state index contributed by atoms with van der Waals surface area (Å²) < 4.78 is 5.41. The van der Waals surface area contributed by atoms with E-state index >= 15 is 0 Å². The third-order valence-electron chi connectivity index (χ3n) is 5.71. The van der Waals surface area contributed by atoms with Crippen LogP contribution >= 0.6 is 0 Å². The van der Waals surface area contributed by atoms with Crippen LogP contribution < -0.4 is 5.32 Å². The van der Waals surface area contributed by atoms with Crippen molar-refractivity contribution in [3.05, 3.63) is 30.1 Å². The maximum atomic E-state index is 12.4. The second kappa shape index (κ2) is 8.37. The van der Waals surface area contributed by atoms with Gasteiger partial charge in [0.1, 0.15) is 5.82 Å². The number of aromatic amines is 1. The van der Waals surface area contributed by atoms with Gasteiger partial charge in [-0.2, -0.15) is 0 Å². The van der Waals surface area contributed by atoms with Crippen molar-refractivity contribution < 1.29 is 14.6 Å². The molecule has 3 N–H and O–H groups in total. The van der Waals surface area contributed by atoms with E-state index in [0.29, 0.717) is 12.8 Å². The van der Waals surface area contributed by atoms with Gasteiger partial charge in [0.15, 0.2) is 0 Å². The van der Waals surface area contributed by atoms with Crippen LogP contribution in [0.5, 0.6) is 0 Å². The molecule has 2 fully saturated rings. The number of aliphatic hydroxyl groups is 1. The van der Waals surface area contributed by atoms with Crippen molar-refractivity contribution in [1.29, 1.82) is 0 Å². The summed E-state index contributed by atoms with van der Waals surface area (Å²) in [6.07, 6.45) is 3.24. The van der Waals surface area contributed by atoms with Crippen molar-refractivity contribution in [2.45, 2.75) is 50.3 Å². The van der Waals surface area contributed by atoms with Crippen LogP contribution in [0.15, 0.2) is 24.3 Å². The number of fused-ring (bicyclic) bond motifs is 1. The van der Waals surface area contributed by atoms with E-state index in [1.54, 1.807) is 0 Å². The van der Waals surface area contributed by atoms with Gasteiger partial charge in [0.25, 0.3) is 0 Å². The number of aromatic nitrogens is 2. The molecule has 3 atom stereocenters. The Morgan fingerprint density at radius 1 is 1.30 bits per heavy atom. The summed E-state index contributed by atoms with van der Waals surface area (Å²) in [5.74, 6) is 0.795. The third kappa shape index (κ3) is 4.31. The molecular weight excluding hydrogens is 344 g/mol. The minimum absolute atomic E-state index is 0.0258. The van der Waals surface area contributed by atoms with Gasteiger partial charge < -0.3 is 20.1 Å². The van der Waals surface area contributed by atoms with Gasteiger partial charge in [-0.05, 0) is 31.4 Å². The molecule has 2 heterocycles. The summed E-state index contributed by atoms with van der Waals surface area (Å²) in [4.78, 5) is 22.5. The molecular formula is C20H28N4O3. The van der Waals surface area contributed by atoms with E-state index in [1.807, 2.05) is 24.3 Å². The molecule has 1 amide bonds. The van der Waals surface area contributed by atoms with E-state index in [4.69, 9.17) is 4.74 Å². The van der Waals surface area contributed by atoms with Gasteiger partial charge in [0, 0.05) is 32.0 Å². The third-order valence-corrected chi connectivity index (χ3v) is 5.71. The largest absolute Gasteiger partial charge is 0.389 e. The Labute approximate surface area is 159 Å². The van der Waals surface area contributed by atoms with E-state index < -0.39 is 6.10 Å².